The molecule has 4 aromatic rings. The number of carbonyl (C=O) groups excluding carboxylic acids is 1. The number of para-hydroxylation sites is 1. The Labute approximate surface area is 228 Å². The summed E-state index contributed by atoms with van der Waals surface area (Å²) in [6, 6.07) is 22.7. The molecule has 2 aromatic heterocycles. The number of thiocarbonyl (C=S) groups is 1. The SMILES string of the molecule is Cc1ccccc1NC(=O)CCN1C(=S)N[C@@H](c2ccccn2)[C@@H]1c1cc(C)n(-c2ccc(O)cc2)c1C. The highest BCUT2D eigenvalue weighted by Crippen LogP contribution is 2.41. The standard InChI is InChI=1S/C30H31N5O2S/c1-19-8-4-5-9-25(19)32-27(37)15-17-34-29(28(33-30(34)38)26-10-6-7-16-31-26)24-18-20(2)35(21(24)3)22-11-13-23(36)14-12-22/h4-14,16,18,28-29,36H,15,17H2,1-3H3,(H,32,37)(H,33,38)/t28-,29-/m0/s1. The first-order chi connectivity index (χ1) is 18.3. The van der Waals surface area contributed by atoms with Gasteiger partial charge in [0.25, 0.3) is 0 Å². The van der Waals surface area contributed by atoms with Crippen LogP contribution in [0, 0.1) is 20.8 Å². The van der Waals surface area contributed by atoms with Crippen molar-refractivity contribution in [1.29, 1.82) is 0 Å². The van der Waals surface area contributed by atoms with Gasteiger partial charge in [-0.3, -0.25) is 9.78 Å². The fourth-order valence-corrected chi connectivity index (χ4v) is 5.55. The molecule has 2 aromatic carbocycles. The van der Waals surface area contributed by atoms with Crippen LogP contribution in [0.25, 0.3) is 5.69 Å². The lowest BCUT2D eigenvalue weighted by Gasteiger charge is -2.28. The average molecular weight is 526 g/mol. The molecule has 1 aliphatic rings. The number of nitrogens with one attached hydrogen (secondary N) is 2. The zero-order chi connectivity index (χ0) is 26.8. The number of benzene rings is 2. The van der Waals surface area contributed by atoms with Gasteiger partial charge in [-0.2, -0.15) is 0 Å². The number of pyridine rings is 1. The largest absolute Gasteiger partial charge is 0.508 e. The number of aryl methyl sites for hydroxylation is 2. The second kappa shape index (κ2) is 10.7. The maximum absolute atomic E-state index is 12.9. The van der Waals surface area contributed by atoms with Gasteiger partial charge in [-0.15, -0.1) is 0 Å². The van der Waals surface area contributed by atoms with Crippen LogP contribution in [-0.4, -0.2) is 37.1 Å². The van der Waals surface area contributed by atoms with Gasteiger partial charge < -0.3 is 25.2 Å². The number of carbonyl (C=O) groups is 1. The predicted molar refractivity (Wildman–Crippen MR) is 153 cm³/mol. The third-order valence-electron chi connectivity index (χ3n) is 7.09. The normalized spacial score (nSPS) is 16.9. The molecule has 3 heterocycles. The number of amides is 1. The Morgan fingerprint density at radius 3 is 2.50 bits per heavy atom. The molecular formula is C30H31N5O2S. The summed E-state index contributed by atoms with van der Waals surface area (Å²) < 4.78 is 2.18. The molecule has 2 atom stereocenters. The lowest BCUT2D eigenvalue weighted by Crippen LogP contribution is -2.33. The van der Waals surface area contributed by atoms with Crippen LogP contribution in [0.4, 0.5) is 5.69 Å². The van der Waals surface area contributed by atoms with Crippen LogP contribution in [0.15, 0.2) is 79.0 Å². The van der Waals surface area contributed by atoms with Gasteiger partial charge in [-0.25, -0.2) is 0 Å². The lowest BCUT2D eigenvalue weighted by atomic mass is 9.96. The van der Waals surface area contributed by atoms with E-state index in [9.17, 15) is 9.90 Å². The average Bonchev–Trinajstić information content (AvgIpc) is 3.39. The Morgan fingerprint density at radius 1 is 1.05 bits per heavy atom. The number of hydrogen-bond acceptors (Lipinski definition) is 4. The summed E-state index contributed by atoms with van der Waals surface area (Å²) in [6.45, 7) is 6.60. The minimum Gasteiger partial charge on any atom is -0.508 e. The van der Waals surface area contributed by atoms with Crippen molar-refractivity contribution in [3.05, 3.63) is 107 Å². The van der Waals surface area contributed by atoms with Crippen molar-refractivity contribution < 1.29 is 9.90 Å². The van der Waals surface area contributed by atoms with Crippen LogP contribution >= 0.6 is 12.2 Å². The predicted octanol–water partition coefficient (Wildman–Crippen LogP) is 5.50. The molecule has 3 N–H and O–H groups in total. The molecule has 0 spiro atoms. The monoisotopic (exact) mass is 525 g/mol. The number of anilines is 1. The van der Waals surface area contributed by atoms with Crippen LogP contribution in [0.3, 0.4) is 0 Å². The van der Waals surface area contributed by atoms with E-state index in [0.29, 0.717) is 11.7 Å². The molecule has 8 heteroatoms. The number of phenolic OH excluding ortho intramolecular Hbond substituents is 1. The molecule has 7 nitrogen and oxygen atoms in total. The molecule has 1 saturated heterocycles. The number of phenols is 1. The highest BCUT2D eigenvalue weighted by Gasteiger charge is 2.41. The maximum atomic E-state index is 12.9. The van der Waals surface area contributed by atoms with E-state index in [4.69, 9.17) is 12.2 Å². The van der Waals surface area contributed by atoms with Gasteiger partial charge in [-0.05, 0) is 92.6 Å². The fourth-order valence-electron chi connectivity index (χ4n) is 5.22. The molecule has 0 bridgehead atoms. The van der Waals surface area contributed by atoms with Gasteiger partial charge in [0.05, 0.1) is 17.8 Å². The van der Waals surface area contributed by atoms with Crippen LogP contribution < -0.4 is 10.6 Å². The zero-order valence-electron chi connectivity index (χ0n) is 21.7. The van der Waals surface area contributed by atoms with Crippen molar-refractivity contribution in [3.63, 3.8) is 0 Å². The minimum atomic E-state index is -0.170. The van der Waals surface area contributed by atoms with Gasteiger partial charge in [-0.1, -0.05) is 24.3 Å². The Balaban J connectivity index is 1.47. The van der Waals surface area contributed by atoms with Gasteiger partial charge >= 0.3 is 0 Å². The van der Waals surface area contributed by atoms with Crippen LogP contribution in [0.5, 0.6) is 5.75 Å². The first-order valence-electron chi connectivity index (χ1n) is 12.7. The topological polar surface area (TPSA) is 82.4 Å². The third-order valence-corrected chi connectivity index (χ3v) is 7.45. The molecule has 0 saturated carbocycles. The van der Waals surface area contributed by atoms with Crippen molar-refractivity contribution in [2.24, 2.45) is 0 Å². The molecule has 0 radical (unpaired) electrons. The molecule has 0 unspecified atom stereocenters. The summed E-state index contributed by atoms with van der Waals surface area (Å²) in [5, 5.41) is 16.9. The second-order valence-corrected chi connectivity index (χ2v) is 10.00. The van der Waals surface area contributed by atoms with Crippen LogP contribution in [0.1, 0.15) is 46.7 Å². The van der Waals surface area contributed by atoms with E-state index in [2.05, 4.69) is 45.0 Å². The second-order valence-electron chi connectivity index (χ2n) is 9.61. The smallest absolute Gasteiger partial charge is 0.226 e. The Kier molecular flexibility index (Phi) is 7.15. The summed E-state index contributed by atoms with van der Waals surface area (Å²) in [7, 11) is 0. The zero-order valence-corrected chi connectivity index (χ0v) is 22.5. The summed E-state index contributed by atoms with van der Waals surface area (Å²) in [4.78, 5) is 19.7. The van der Waals surface area contributed by atoms with Crippen LogP contribution in [-0.2, 0) is 4.79 Å². The number of hydrogen-bond donors (Lipinski definition) is 3. The van der Waals surface area contributed by atoms with Crippen LogP contribution in [0.2, 0.25) is 0 Å². The van der Waals surface area contributed by atoms with Gasteiger partial charge in [0.15, 0.2) is 5.11 Å². The summed E-state index contributed by atoms with van der Waals surface area (Å²) in [5.74, 6) is 0.170. The Bertz CT molecular complexity index is 1470. The van der Waals surface area contributed by atoms with Crippen molar-refractivity contribution in [3.8, 4) is 11.4 Å². The van der Waals surface area contributed by atoms with Crippen molar-refractivity contribution in [2.45, 2.75) is 39.3 Å². The van der Waals surface area contributed by atoms with Gasteiger partial charge in [0, 0.05) is 41.9 Å². The first-order valence-corrected chi connectivity index (χ1v) is 13.1. The lowest BCUT2D eigenvalue weighted by molar-refractivity contribution is -0.116. The molecule has 0 aliphatic carbocycles. The minimum absolute atomic E-state index is 0.0586. The van der Waals surface area contributed by atoms with Gasteiger partial charge in [0.2, 0.25) is 5.91 Å². The number of aromatic nitrogens is 2. The summed E-state index contributed by atoms with van der Waals surface area (Å²) >= 11 is 5.81. The van der Waals surface area contributed by atoms with E-state index in [0.717, 1.165) is 39.6 Å². The van der Waals surface area contributed by atoms with E-state index in [1.54, 1.807) is 18.3 Å². The molecule has 194 valence electrons. The van der Waals surface area contributed by atoms with Gasteiger partial charge in [0.1, 0.15) is 5.75 Å². The number of nitrogens with zero attached hydrogens (tertiary/aromatic N) is 3. The van der Waals surface area contributed by atoms with Crippen molar-refractivity contribution in [1.82, 2.24) is 19.8 Å². The molecule has 1 aliphatic heterocycles. The van der Waals surface area contributed by atoms with E-state index >= 15 is 0 Å². The molecule has 1 amide bonds. The van der Waals surface area contributed by atoms with Crippen molar-refractivity contribution >= 4 is 28.9 Å². The van der Waals surface area contributed by atoms with E-state index in [-0.39, 0.29) is 30.2 Å². The van der Waals surface area contributed by atoms with E-state index in [1.165, 1.54) is 0 Å². The third kappa shape index (κ3) is 4.99. The van der Waals surface area contributed by atoms with Crippen molar-refractivity contribution in [2.75, 3.05) is 11.9 Å². The Hall–Kier alpha value is -4.17. The quantitative estimate of drug-likeness (QED) is 0.276. The Morgan fingerprint density at radius 2 is 1.79 bits per heavy atom. The highest BCUT2D eigenvalue weighted by molar-refractivity contribution is 7.80. The summed E-state index contributed by atoms with van der Waals surface area (Å²) in [6.07, 6.45) is 2.08. The molecular weight excluding hydrogens is 494 g/mol. The van der Waals surface area contributed by atoms with E-state index in [1.807, 2.05) is 61.5 Å². The highest BCUT2D eigenvalue weighted by atomic mass is 32.1. The first kappa shape index (κ1) is 25.5. The molecule has 1 fully saturated rings. The number of aromatic hydroxyl groups is 1. The summed E-state index contributed by atoms with van der Waals surface area (Å²) in [5.41, 5.74) is 6.95. The van der Waals surface area contributed by atoms with E-state index < -0.39 is 0 Å². The number of rotatable bonds is 7. The fraction of sp³-hybridized carbons (Fsp3) is 0.233. The molecule has 5 rings (SSSR count). The molecule has 38 heavy (non-hydrogen) atoms. The maximum Gasteiger partial charge on any atom is 0.226 e.